The van der Waals surface area contributed by atoms with Crippen LogP contribution in [0.1, 0.15) is 33.5 Å². The molecule has 3 aromatic rings. The zero-order chi connectivity index (χ0) is 21.5. The number of cyclic esters (lactones) is 1. The fourth-order valence-corrected chi connectivity index (χ4v) is 3.20. The number of benzene rings is 1. The minimum absolute atomic E-state index is 0.0269. The number of methoxy groups -OCH3 is 1. The minimum Gasteiger partial charge on any atom is -0.467 e. The van der Waals surface area contributed by atoms with Crippen LogP contribution in [0.5, 0.6) is 11.8 Å². The van der Waals surface area contributed by atoms with Crippen LogP contribution in [0.3, 0.4) is 0 Å². The highest BCUT2D eigenvalue weighted by Gasteiger charge is 2.39. The van der Waals surface area contributed by atoms with E-state index in [4.69, 9.17) is 13.9 Å². The van der Waals surface area contributed by atoms with E-state index in [9.17, 15) is 18.0 Å². The number of nitrogens with zero attached hydrogens (tertiary/aromatic N) is 2. The molecule has 10 heteroatoms. The van der Waals surface area contributed by atoms with Crippen LogP contribution in [0.4, 0.5) is 13.2 Å². The molecule has 0 spiro atoms. The Bertz CT molecular complexity index is 1110. The van der Waals surface area contributed by atoms with Crippen LogP contribution in [0.2, 0.25) is 0 Å². The van der Waals surface area contributed by atoms with Crippen LogP contribution in [0.15, 0.2) is 40.8 Å². The molecule has 0 N–H and O–H groups in total. The maximum absolute atomic E-state index is 12.7. The number of fused-ring (bicyclic) bond motifs is 1. The van der Waals surface area contributed by atoms with Crippen molar-refractivity contribution in [2.24, 2.45) is 0 Å². The minimum atomic E-state index is -4.85. The lowest BCUT2D eigenvalue weighted by Gasteiger charge is -2.15. The average Bonchev–Trinajstić information content (AvgIpc) is 3.25. The van der Waals surface area contributed by atoms with E-state index in [1.807, 2.05) is 0 Å². The van der Waals surface area contributed by atoms with E-state index in [-0.39, 0.29) is 40.7 Å². The molecule has 0 saturated carbocycles. The summed E-state index contributed by atoms with van der Waals surface area (Å²) in [6, 6.07) is 8.96. The normalized spacial score (nSPS) is 15.6. The number of furan rings is 1. The molecule has 1 aliphatic rings. The topological polar surface area (TPSA) is 83.7 Å². The van der Waals surface area contributed by atoms with Crippen LogP contribution in [0, 0.1) is 6.92 Å². The molecule has 1 unspecified atom stereocenters. The first kappa shape index (κ1) is 19.7. The first-order chi connectivity index (χ1) is 14.2. The van der Waals surface area contributed by atoms with Crippen molar-refractivity contribution in [3.63, 3.8) is 0 Å². The molecule has 0 saturated heterocycles. The van der Waals surface area contributed by atoms with Crippen molar-refractivity contribution in [2.75, 3.05) is 7.11 Å². The first-order valence-electron chi connectivity index (χ1n) is 8.82. The number of para-hydroxylation sites is 1. The Labute approximate surface area is 168 Å². The van der Waals surface area contributed by atoms with Gasteiger partial charge in [-0.05, 0) is 30.7 Å². The van der Waals surface area contributed by atoms with E-state index < -0.39 is 18.4 Å². The molecule has 0 radical (unpaired) electrons. The first-order valence-corrected chi connectivity index (χ1v) is 8.82. The molecule has 7 nitrogen and oxygen atoms in total. The van der Waals surface area contributed by atoms with Crippen molar-refractivity contribution in [3.05, 3.63) is 59.0 Å². The summed E-state index contributed by atoms with van der Waals surface area (Å²) in [6.07, 6.45) is -5.88. The number of aromatic nitrogens is 2. The van der Waals surface area contributed by atoms with Gasteiger partial charge >= 0.3 is 18.3 Å². The molecule has 2 aromatic heterocycles. The number of ether oxygens (including phenoxy) is 3. The van der Waals surface area contributed by atoms with Gasteiger partial charge in [-0.15, -0.1) is 13.2 Å². The summed E-state index contributed by atoms with van der Waals surface area (Å²) in [4.78, 5) is 21.0. The molecular formula is C20H15F3N2O5. The Kier molecular flexibility index (Phi) is 4.84. The second-order valence-corrected chi connectivity index (χ2v) is 6.48. The van der Waals surface area contributed by atoms with Crippen molar-refractivity contribution >= 4 is 5.97 Å². The van der Waals surface area contributed by atoms with E-state index in [0.29, 0.717) is 11.5 Å². The quantitative estimate of drug-likeness (QED) is 0.566. The predicted octanol–water partition coefficient (Wildman–Crippen LogP) is 4.41. The number of alkyl halides is 3. The Morgan fingerprint density at radius 1 is 1.13 bits per heavy atom. The fourth-order valence-electron chi connectivity index (χ4n) is 3.20. The van der Waals surface area contributed by atoms with E-state index >= 15 is 0 Å². The van der Waals surface area contributed by atoms with Gasteiger partial charge in [-0.2, -0.15) is 9.97 Å². The van der Waals surface area contributed by atoms with Crippen LogP contribution < -0.4 is 9.47 Å². The van der Waals surface area contributed by atoms with Crippen LogP contribution in [-0.4, -0.2) is 29.4 Å². The summed E-state index contributed by atoms with van der Waals surface area (Å²) in [5, 5.41) is 0. The molecule has 1 aromatic carbocycles. The molecule has 0 bridgehead atoms. The van der Waals surface area contributed by atoms with E-state index in [1.54, 1.807) is 25.1 Å². The Hall–Kier alpha value is -3.56. The van der Waals surface area contributed by atoms with Gasteiger partial charge in [0.15, 0.2) is 5.76 Å². The van der Waals surface area contributed by atoms with Crippen LogP contribution >= 0.6 is 0 Å². The Balaban J connectivity index is 1.75. The fraction of sp³-hybridized carbons (Fsp3) is 0.250. The van der Waals surface area contributed by atoms with Gasteiger partial charge < -0.3 is 18.6 Å². The number of carbonyl (C=O) groups is 1. The van der Waals surface area contributed by atoms with E-state index in [2.05, 4.69) is 14.7 Å². The molecule has 4 rings (SSSR count). The predicted molar refractivity (Wildman–Crippen MR) is 96.0 cm³/mol. The van der Waals surface area contributed by atoms with Crippen LogP contribution in [-0.2, 0) is 11.2 Å². The molecule has 3 heterocycles. The molecule has 1 aliphatic heterocycles. The third-order valence-electron chi connectivity index (χ3n) is 4.43. The second kappa shape index (κ2) is 7.36. The Morgan fingerprint density at radius 2 is 1.90 bits per heavy atom. The van der Waals surface area contributed by atoms with Crippen molar-refractivity contribution in [1.82, 2.24) is 9.97 Å². The third kappa shape index (κ3) is 3.80. The maximum Gasteiger partial charge on any atom is 0.573 e. The van der Waals surface area contributed by atoms with E-state index in [0.717, 1.165) is 0 Å². The summed E-state index contributed by atoms with van der Waals surface area (Å²) < 4.78 is 58.4. The second-order valence-electron chi connectivity index (χ2n) is 6.48. The SMILES string of the molecule is COc1nc(-c2ccc(C)o2)c2c(n1)C(Cc1ccccc1OC(F)(F)F)OC2=O. The summed E-state index contributed by atoms with van der Waals surface area (Å²) in [6.45, 7) is 1.74. The zero-order valence-corrected chi connectivity index (χ0v) is 15.8. The molecule has 156 valence electrons. The molecule has 1 atom stereocenters. The largest absolute Gasteiger partial charge is 0.573 e. The van der Waals surface area contributed by atoms with Crippen molar-refractivity contribution in [3.8, 4) is 23.2 Å². The van der Waals surface area contributed by atoms with Gasteiger partial charge in [0.1, 0.15) is 34.6 Å². The highest BCUT2D eigenvalue weighted by molar-refractivity contribution is 5.99. The maximum atomic E-state index is 12.7. The average molecular weight is 420 g/mol. The monoisotopic (exact) mass is 420 g/mol. The highest BCUT2D eigenvalue weighted by Crippen LogP contribution is 2.40. The molecular weight excluding hydrogens is 405 g/mol. The summed E-state index contributed by atoms with van der Waals surface area (Å²) >= 11 is 0. The molecule has 0 fully saturated rings. The van der Waals surface area contributed by atoms with Crippen LogP contribution in [0.25, 0.3) is 11.5 Å². The number of hydrogen-bond donors (Lipinski definition) is 0. The number of rotatable bonds is 5. The van der Waals surface area contributed by atoms with Gasteiger partial charge in [0, 0.05) is 6.42 Å². The molecule has 0 aliphatic carbocycles. The smallest absolute Gasteiger partial charge is 0.467 e. The summed E-state index contributed by atoms with van der Waals surface area (Å²) in [5.41, 5.74) is 0.688. The zero-order valence-electron chi connectivity index (χ0n) is 15.8. The number of halogens is 3. The van der Waals surface area contributed by atoms with Gasteiger partial charge in [0.05, 0.1) is 7.11 Å². The molecule has 30 heavy (non-hydrogen) atoms. The van der Waals surface area contributed by atoms with E-state index in [1.165, 1.54) is 25.3 Å². The van der Waals surface area contributed by atoms with Crippen molar-refractivity contribution < 1.29 is 36.6 Å². The van der Waals surface area contributed by atoms with Gasteiger partial charge in [-0.3, -0.25) is 0 Å². The number of aryl methyl sites for hydroxylation is 1. The summed E-state index contributed by atoms with van der Waals surface area (Å²) in [7, 11) is 1.36. The van der Waals surface area contributed by atoms with Crippen molar-refractivity contribution in [2.45, 2.75) is 25.8 Å². The Morgan fingerprint density at radius 3 is 2.57 bits per heavy atom. The van der Waals surface area contributed by atoms with Gasteiger partial charge in [-0.1, -0.05) is 18.2 Å². The lowest BCUT2D eigenvalue weighted by atomic mass is 10.0. The highest BCUT2D eigenvalue weighted by atomic mass is 19.4. The van der Waals surface area contributed by atoms with Gasteiger partial charge in [-0.25, -0.2) is 4.79 Å². The third-order valence-corrected chi connectivity index (χ3v) is 4.43. The van der Waals surface area contributed by atoms with Gasteiger partial charge in [0.2, 0.25) is 0 Å². The lowest BCUT2D eigenvalue weighted by Crippen LogP contribution is -2.18. The number of carbonyl (C=O) groups excluding carboxylic acids is 1. The molecule has 0 amide bonds. The number of esters is 1. The van der Waals surface area contributed by atoms with Gasteiger partial charge in [0.25, 0.3) is 0 Å². The summed E-state index contributed by atoms with van der Waals surface area (Å²) in [5.74, 6) is -0.145. The lowest BCUT2D eigenvalue weighted by molar-refractivity contribution is -0.275. The standard InChI is InChI=1S/C20H15F3N2O5/c1-10-7-8-13(28-10)16-15-17(25-19(24-16)27-2)14(29-18(15)26)9-11-5-3-4-6-12(11)30-20(21,22)23/h3-8,14H,9H2,1-2H3. The van der Waals surface area contributed by atoms with Crippen molar-refractivity contribution in [1.29, 1.82) is 0 Å². The number of hydrogen-bond acceptors (Lipinski definition) is 7.